The molecule has 8 nitrogen and oxygen atoms in total. The van der Waals surface area contributed by atoms with Crippen molar-refractivity contribution in [2.24, 2.45) is 5.92 Å². The molecule has 36 heavy (non-hydrogen) atoms. The molecular formula is C27H40N4O4S. The number of likely N-dealkylation sites (tertiary alicyclic amines) is 1. The highest BCUT2D eigenvalue weighted by atomic mass is 32.2. The van der Waals surface area contributed by atoms with Gasteiger partial charge < -0.3 is 19.9 Å². The number of hydrogen-bond acceptors (Lipinski definition) is 7. The van der Waals surface area contributed by atoms with E-state index in [1.54, 1.807) is 16.7 Å². The van der Waals surface area contributed by atoms with Crippen molar-refractivity contribution in [3.05, 3.63) is 29.8 Å². The number of Topliss-reactive ketones (excluding diaryl/α,β-unsaturated/α-hetero) is 1. The molecule has 1 unspecified atom stereocenters. The van der Waals surface area contributed by atoms with Crippen LogP contribution >= 0.6 is 11.8 Å². The van der Waals surface area contributed by atoms with Crippen molar-refractivity contribution in [2.45, 2.75) is 57.1 Å². The fourth-order valence-corrected chi connectivity index (χ4v) is 6.36. The number of thioether (sulfide) groups is 1. The van der Waals surface area contributed by atoms with Crippen LogP contribution in [0.15, 0.2) is 24.3 Å². The molecule has 2 amide bonds. The maximum absolute atomic E-state index is 13.6. The number of ketones is 1. The normalized spacial score (nSPS) is 25.4. The summed E-state index contributed by atoms with van der Waals surface area (Å²) in [7, 11) is 0. The van der Waals surface area contributed by atoms with E-state index in [-0.39, 0.29) is 41.5 Å². The van der Waals surface area contributed by atoms with Gasteiger partial charge in [0.2, 0.25) is 5.91 Å². The first-order chi connectivity index (χ1) is 17.3. The van der Waals surface area contributed by atoms with Crippen molar-refractivity contribution in [3.8, 4) is 0 Å². The lowest BCUT2D eigenvalue weighted by molar-refractivity contribution is -0.138. The molecule has 3 aliphatic heterocycles. The minimum absolute atomic E-state index is 0.0503. The number of ether oxygens (including phenoxy) is 1. The van der Waals surface area contributed by atoms with Crippen LogP contribution < -0.4 is 10.2 Å². The van der Waals surface area contributed by atoms with E-state index in [9.17, 15) is 14.4 Å². The summed E-state index contributed by atoms with van der Waals surface area (Å²) in [4.78, 5) is 45.8. The number of amides is 2. The predicted octanol–water partition coefficient (Wildman–Crippen LogP) is 2.27. The number of carbonyl (C=O) groups excluding carboxylic acids is 3. The molecule has 4 rings (SSSR count). The van der Waals surface area contributed by atoms with Gasteiger partial charge in [-0.2, -0.15) is 11.8 Å². The molecule has 3 fully saturated rings. The third-order valence-corrected chi connectivity index (χ3v) is 8.46. The number of fused-ring (bicyclic) bond motifs is 1. The molecule has 3 saturated heterocycles. The Bertz CT molecular complexity index is 932. The van der Waals surface area contributed by atoms with E-state index in [0.29, 0.717) is 18.5 Å². The summed E-state index contributed by atoms with van der Waals surface area (Å²) in [6, 6.07) is 6.43. The number of benzene rings is 1. The van der Waals surface area contributed by atoms with Crippen LogP contribution in [0.2, 0.25) is 0 Å². The van der Waals surface area contributed by atoms with Crippen molar-refractivity contribution in [1.82, 2.24) is 15.1 Å². The number of piperazine rings is 1. The first-order valence-electron chi connectivity index (χ1n) is 13.2. The Labute approximate surface area is 219 Å². The van der Waals surface area contributed by atoms with Gasteiger partial charge in [-0.3, -0.25) is 19.3 Å². The van der Waals surface area contributed by atoms with Gasteiger partial charge in [-0.1, -0.05) is 20.8 Å². The van der Waals surface area contributed by atoms with E-state index >= 15 is 0 Å². The van der Waals surface area contributed by atoms with E-state index in [1.807, 2.05) is 44.4 Å². The van der Waals surface area contributed by atoms with Crippen LogP contribution in [0.25, 0.3) is 0 Å². The molecule has 9 heteroatoms. The quantitative estimate of drug-likeness (QED) is 0.539. The lowest BCUT2D eigenvalue weighted by Gasteiger charge is -2.36. The van der Waals surface area contributed by atoms with Crippen LogP contribution in [0.5, 0.6) is 0 Å². The van der Waals surface area contributed by atoms with E-state index in [1.165, 1.54) is 6.42 Å². The van der Waals surface area contributed by atoms with Crippen molar-refractivity contribution in [3.63, 3.8) is 0 Å². The number of hydrogen-bond donors (Lipinski definition) is 1. The third kappa shape index (κ3) is 5.89. The van der Waals surface area contributed by atoms with Gasteiger partial charge in [-0.25, -0.2) is 0 Å². The predicted molar refractivity (Wildman–Crippen MR) is 144 cm³/mol. The molecule has 0 spiro atoms. The van der Waals surface area contributed by atoms with Gasteiger partial charge in [0.05, 0.1) is 11.4 Å². The van der Waals surface area contributed by atoms with E-state index < -0.39 is 12.1 Å². The van der Waals surface area contributed by atoms with Crippen molar-refractivity contribution in [2.75, 3.05) is 57.0 Å². The molecule has 1 aromatic carbocycles. The van der Waals surface area contributed by atoms with Crippen molar-refractivity contribution < 1.29 is 19.1 Å². The molecular weight excluding hydrogens is 476 g/mol. The average Bonchev–Trinajstić information content (AvgIpc) is 3.44. The number of rotatable bonds is 9. The first kappa shape index (κ1) is 26.9. The minimum atomic E-state index is -0.682. The minimum Gasteiger partial charge on any atom is -0.369 e. The zero-order valence-corrected chi connectivity index (χ0v) is 22.8. The second kappa shape index (κ2) is 12.0. The summed E-state index contributed by atoms with van der Waals surface area (Å²) in [5, 5.41) is 3.05. The summed E-state index contributed by atoms with van der Waals surface area (Å²) >= 11 is 1.62. The van der Waals surface area contributed by atoms with Crippen LogP contribution in [0.3, 0.4) is 0 Å². The molecule has 0 bridgehead atoms. The highest BCUT2D eigenvalue weighted by Crippen LogP contribution is 2.34. The second-order valence-electron chi connectivity index (χ2n) is 10.5. The van der Waals surface area contributed by atoms with Crippen LogP contribution in [-0.4, -0.2) is 103 Å². The lowest BCUT2D eigenvalue weighted by atomic mass is 10.0. The van der Waals surface area contributed by atoms with Gasteiger partial charge in [-0.15, -0.1) is 0 Å². The third-order valence-electron chi connectivity index (χ3n) is 7.44. The van der Waals surface area contributed by atoms with Gasteiger partial charge in [0.15, 0.2) is 5.78 Å². The molecule has 0 aromatic heterocycles. The van der Waals surface area contributed by atoms with E-state index in [4.69, 9.17) is 4.74 Å². The Morgan fingerprint density at radius 2 is 1.83 bits per heavy atom. The molecule has 0 saturated carbocycles. The smallest absolute Gasteiger partial charge is 0.251 e. The Kier molecular flexibility index (Phi) is 8.96. The fourth-order valence-electron chi connectivity index (χ4n) is 5.55. The summed E-state index contributed by atoms with van der Waals surface area (Å²) in [6.45, 7) is 12.0. The standard InChI is InChI=1S/C27H40N4O4S/c1-5-10-29-11-13-30(14-12-29)20-8-6-19(7-9-20)26(33)28-21(15-18(2)3)27(34)31-16-23(36-4)25-24(31)22(32)17-35-25/h6-9,18,21,23-25H,5,10-17H2,1-4H3,(H,28,33)/t21?,23-,24+,25+/m0/s1. The first-order valence-corrected chi connectivity index (χ1v) is 14.5. The van der Waals surface area contributed by atoms with Gasteiger partial charge in [0, 0.05) is 44.0 Å². The lowest BCUT2D eigenvalue weighted by Crippen LogP contribution is -2.52. The van der Waals surface area contributed by atoms with Gasteiger partial charge in [0.1, 0.15) is 18.7 Å². The molecule has 198 valence electrons. The number of carbonyl (C=O) groups is 3. The molecule has 1 N–H and O–H groups in total. The Balaban J connectivity index is 1.41. The van der Waals surface area contributed by atoms with Crippen LogP contribution in [0, 0.1) is 5.92 Å². The zero-order chi connectivity index (χ0) is 25.8. The van der Waals surface area contributed by atoms with Gasteiger partial charge in [-0.05, 0) is 55.8 Å². The molecule has 3 heterocycles. The van der Waals surface area contributed by atoms with Gasteiger partial charge in [0.25, 0.3) is 5.91 Å². The van der Waals surface area contributed by atoms with Gasteiger partial charge >= 0.3 is 0 Å². The van der Waals surface area contributed by atoms with Crippen LogP contribution in [-0.2, 0) is 14.3 Å². The SMILES string of the molecule is CCCN1CCN(c2ccc(C(=O)NC(CC(C)C)C(=O)N3C[C@H](SC)[C@H]4OCC(=O)[C@H]43)cc2)CC1. The molecule has 4 atom stereocenters. The summed E-state index contributed by atoms with van der Waals surface area (Å²) in [6.07, 6.45) is 3.40. The molecule has 0 aliphatic carbocycles. The monoisotopic (exact) mass is 516 g/mol. The van der Waals surface area contributed by atoms with Crippen LogP contribution in [0.1, 0.15) is 44.0 Å². The Hall–Kier alpha value is -2.10. The molecule has 3 aliphatic rings. The average molecular weight is 517 g/mol. The second-order valence-corrected chi connectivity index (χ2v) is 11.6. The summed E-state index contributed by atoms with van der Waals surface area (Å²) in [5.74, 6) is -0.299. The van der Waals surface area contributed by atoms with Crippen LogP contribution in [0.4, 0.5) is 5.69 Å². The largest absolute Gasteiger partial charge is 0.369 e. The number of anilines is 1. The number of nitrogens with one attached hydrogen (secondary N) is 1. The van der Waals surface area contributed by atoms with E-state index in [0.717, 1.165) is 38.4 Å². The molecule has 0 radical (unpaired) electrons. The highest BCUT2D eigenvalue weighted by Gasteiger charge is 2.52. The maximum Gasteiger partial charge on any atom is 0.251 e. The van der Waals surface area contributed by atoms with Crippen molar-refractivity contribution in [1.29, 1.82) is 0 Å². The highest BCUT2D eigenvalue weighted by molar-refractivity contribution is 7.99. The summed E-state index contributed by atoms with van der Waals surface area (Å²) in [5.41, 5.74) is 1.65. The number of nitrogens with zero attached hydrogens (tertiary/aromatic N) is 3. The van der Waals surface area contributed by atoms with E-state index in [2.05, 4.69) is 22.0 Å². The maximum atomic E-state index is 13.6. The molecule has 1 aromatic rings. The Morgan fingerprint density at radius 1 is 1.14 bits per heavy atom. The fraction of sp³-hybridized carbons (Fsp3) is 0.667. The zero-order valence-electron chi connectivity index (χ0n) is 21.9. The Morgan fingerprint density at radius 3 is 2.44 bits per heavy atom. The summed E-state index contributed by atoms with van der Waals surface area (Å²) < 4.78 is 5.71. The topological polar surface area (TPSA) is 82.2 Å². The van der Waals surface area contributed by atoms with Crippen molar-refractivity contribution >= 4 is 35.0 Å².